The zero-order chi connectivity index (χ0) is 8.27. The second-order valence-corrected chi connectivity index (χ2v) is 2.21. The molecule has 0 aliphatic heterocycles. The van der Waals surface area contributed by atoms with Gasteiger partial charge in [-0.2, -0.15) is 0 Å². The van der Waals surface area contributed by atoms with E-state index in [1.165, 1.54) is 12.1 Å². The first-order valence-corrected chi connectivity index (χ1v) is 3.35. The summed E-state index contributed by atoms with van der Waals surface area (Å²) in [5, 5.41) is 21.4. The SMILES string of the molecule is C/C=C/c1ccc([O-])c([O-])c1.[Na+].[Na+]. The van der Waals surface area contributed by atoms with Crippen LogP contribution in [0.3, 0.4) is 0 Å². The summed E-state index contributed by atoms with van der Waals surface area (Å²) in [4.78, 5) is 0. The van der Waals surface area contributed by atoms with Crippen molar-refractivity contribution in [3.8, 4) is 11.5 Å². The molecule has 1 aromatic rings. The maximum absolute atomic E-state index is 10.8. The maximum Gasteiger partial charge on any atom is 1.00 e. The van der Waals surface area contributed by atoms with Crippen molar-refractivity contribution in [2.45, 2.75) is 6.92 Å². The number of rotatable bonds is 1. The third kappa shape index (κ3) is 5.11. The third-order valence-electron chi connectivity index (χ3n) is 1.33. The Morgan fingerprint density at radius 1 is 1.08 bits per heavy atom. The van der Waals surface area contributed by atoms with Gasteiger partial charge in [-0.05, 0) is 12.5 Å². The van der Waals surface area contributed by atoms with E-state index in [1.54, 1.807) is 12.1 Å². The van der Waals surface area contributed by atoms with Crippen LogP contribution < -0.4 is 69.3 Å². The largest absolute Gasteiger partial charge is 1.00 e. The quantitative estimate of drug-likeness (QED) is 0.420. The molecular weight excluding hydrogens is 186 g/mol. The summed E-state index contributed by atoms with van der Waals surface area (Å²) in [7, 11) is 0. The van der Waals surface area contributed by atoms with Crippen LogP contribution in [0.4, 0.5) is 0 Å². The normalized spacial score (nSPS) is 9.00. The molecule has 0 saturated carbocycles. The van der Waals surface area contributed by atoms with Gasteiger partial charge < -0.3 is 10.2 Å². The van der Waals surface area contributed by atoms with Crippen LogP contribution in [-0.2, 0) is 0 Å². The summed E-state index contributed by atoms with van der Waals surface area (Å²) < 4.78 is 0. The van der Waals surface area contributed by atoms with Crippen LogP contribution in [0, 0.1) is 0 Å². The fraction of sp³-hybridized carbons (Fsp3) is 0.111. The van der Waals surface area contributed by atoms with Gasteiger partial charge in [0.2, 0.25) is 0 Å². The van der Waals surface area contributed by atoms with Crippen molar-refractivity contribution in [2.24, 2.45) is 0 Å². The minimum absolute atomic E-state index is 0. The Morgan fingerprint density at radius 3 is 2.15 bits per heavy atom. The first-order chi connectivity index (χ1) is 5.24. The van der Waals surface area contributed by atoms with Crippen LogP contribution in [0.25, 0.3) is 6.08 Å². The van der Waals surface area contributed by atoms with E-state index in [0.717, 1.165) is 5.56 Å². The van der Waals surface area contributed by atoms with E-state index in [2.05, 4.69) is 0 Å². The molecule has 0 heterocycles. The minimum Gasteiger partial charge on any atom is -0.873 e. The van der Waals surface area contributed by atoms with E-state index in [1.807, 2.05) is 13.0 Å². The van der Waals surface area contributed by atoms with Crippen LogP contribution in [0.5, 0.6) is 11.5 Å². The smallest absolute Gasteiger partial charge is 0.873 e. The topological polar surface area (TPSA) is 46.1 Å². The van der Waals surface area contributed by atoms with Crippen LogP contribution >= 0.6 is 0 Å². The van der Waals surface area contributed by atoms with Crippen molar-refractivity contribution >= 4 is 6.08 Å². The van der Waals surface area contributed by atoms with E-state index in [-0.39, 0.29) is 59.1 Å². The average molecular weight is 194 g/mol. The van der Waals surface area contributed by atoms with E-state index in [0.29, 0.717) is 0 Å². The minimum atomic E-state index is -0.446. The molecule has 0 fully saturated rings. The Labute approximate surface area is 122 Å². The summed E-state index contributed by atoms with van der Waals surface area (Å²) in [5.74, 6) is -0.890. The van der Waals surface area contributed by atoms with Crippen molar-refractivity contribution in [2.75, 3.05) is 0 Å². The molecule has 0 N–H and O–H groups in total. The first kappa shape index (κ1) is 16.0. The van der Waals surface area contributed by atoms with Crippen molar-refractivity contribution in [3.63, 3.8) is 0 Å². The van der Waals surface area contributed by atoms with E-state index < -0.39 is 11.5 Å². The van der Waals surface area contributed by atoms with Gasteiger partial charge in [0.25, 0.3) is 0 Å². The Kier molecular flexibility index (Phi) is 9.75. The molecule has 58 valence electrons. The molecular formula is C9H8Na2O2. The molecule has 0 atom stereocenters. The van der Waals surface area contributed by atoms with Crippen molar-refractivity contribution in [3.05, 3.63) is 29.8 Å². The molecule has 2 nitrogen and oxygen atoms in total. The maximum atomic E-state index is 10.8. The molecule has 0 aliphatic carbocycles. The number of hydrogen-bond donors (Lipinski definition) is 0. The molecule has 0 aliphatic rings. The van der Waals surface area contributed by atoms with Crippen LogP contribution in [-0.4, -0.2) is 0 Å². The van der Waals surface area contributed by atoms with Crippen LogP contribution in [0.2, 0.25) is 0 Å². The summed E-state index contributed by atoms with van der Waals surface area (Å²) in [5.41, 5.74) is 0.775. The van der Waals surface area contributed by atoms with Crippen LogP contribution in [0.1, 0.15) is 12.5 Å². The molecule has 0 saturated heterocycles. The molecule has 0 bridgehead atoms. The fourth-order valence-corrected chi connectivity index (χ4v) is 0.821. The van der Waals surface area contributed by atoms with E-state index in [9.17, 15) is 10.2 Å². The van der Waals surface area contributed by atoms with Gasteiger partial charge >= 0.3 is 59.1 Å². The van der Waals surface area contributed by atoms with Gasteiger partial charge in [-0.1, -0.05) is 30.4 Å². The Morgan fingerprint density at radius 2 is 1.69 bits per heavy atom. The summed E-state index contributed by atoms with van der Waals surface area (Å²) in [6, 6.07) is 4.25. The second-order valence-electron chi connectivity index (χ2n) is 2.21. The molecule has 0 amide bonds. The Bertz CT molecular complexity index is 285. The molecule has 4 heteroatoms. The monoisotopic (exact) mass is 194 g/mol. The summed E-state index contributed by atoms with van der Waals surface area (Å²) in [6.45, 7) is 1.86. The predicted octanol–water partition coefficient (Wildman–Crippen LogP) is -5.13. The van der Waals surface area contributed by atoms with Gasteiger partial charge in [0.15, 0.2) is 0 Å². The number of allylic oxidation sites excluding steroid dienone is 1. The second kappa shape index (κ2) is 7.92. The Balaban J connectivity index is 0. The molecule has 13 heavy (non-hydrogen) atoms. The van der Waals surface area contributed by atoms with Gasteiger partial charge in [-0.25, -0.2) is 0 Å². The van der Waals surface area contributed by atoms with Gasteiger partial charge in [0, 0.05) is 0 Å². The molecule has 0 aromatic heterocycles. The standard InChI is InChI=1S/C9H10O2.2Na/c1-2-3-7-4-5-8(10)9(11)6-7;;/h2-6,10-11H,1H3;;/q;2*+1/p-2/b3-2+;;. The van der Waals surface area contributed by atoms with Gasteiger partial charge in [0.1, 0.15) is 0 Å². The Hall–Kier alpha value is 0.560. The van der Waals surface area contributed by atoms with Gasteiger partial charge in [-0.3, -0.25) is 0 Å². The number of hydrogen-bond acceptors (Lipinski definition) is 2. The molecule has 0 radical (unpaired) electrons. The summed E-state index contributed by atoms with van der Waals surface area (Å²) >= 11 is 0. The van der Waals surface area contributed by atoms with Gasteiger partial charge in [0.05, 0.1) is 0 Å². The number of benzene rings is 1. The predicted molar refractivity (Wildman–Crippen MR) is 40.0 cm³/mol. The third-order valence-corrected chi connectivity index (χ3v) is 1.33. The van der Waals surface area contributed by atoms with Crippen molar-refractivity contribution in [1.29, 1.82) is 0 Å². The molecule has 1 rings (SSSR count). The first-order valence-electron chi connectivity index (χ1n) is 3.35. The molecule has 0 spiro atoms. The van der Waals surface area contributed by atoms with Crippen molar-refractivity contribution in [1.82, 2.24) is 0 Å². The van der Waals surface area contributed by atoms with Gasteiger partial charge in [-0.15, -0.1) is 11.5 Å². The zero-order valence-electron chi connectivity index (χ0n) is 8.20. The van der Waals surface area contributed by atoms with Crippen LogP contribution in [0.15, 0.2) is 24.3 Å². The van der Waals surface area contributed by atoms with E-state index in [4.69, 9.17) is 0 Å². The summed E-state index contributed by atoms with van der Waals surface area (Å²) in [6.07, 6.45) is 3.60. The van der Waals surface area contributed by atoms with E-state index >= 15 is 0 Å². The zero-order valence-corrected chi connectivity index (χ0v) is 12.2. The molecule has 1 aromatic carbocycles. The molecule has 0 unspecified atom stereocenters. The van der Waals surface area contributed by atoms with Crippen molar-refractivity contribution < 1.29 is 69.3 Å². The fourth-order valence-electron chi connectivity index (χ4n) is 0.821. The average Bonchev–Trinajstić information content (AvgIpc) is 1.98.